The minimum Gasteiger partial charge on any atom is -0.436 e. The second-order valence-corrected chi connectivity index (χ2v) is 12.1. The summed E-state index contributed by atoms with van der Waals surface area (Å²) in [5.74, 6) is 0.814. The molecule has 0 atom stereocenters. The lowest BCUT2D eigenvalue weighted by Crippen LogP contribution is -2.21. The van der Waals surface area contributed by atoms with Gasteiger partial charge in [0.15, 0.2) is 5.58 Å². The lowest BCUT2D eigenvalue weighted by Gasteiger charge is -2.20. The van der Waals surface area contributed by atoms with Crippen molar-refractivity contribution in [3.8, 4) is 22.8 Å². The first-order valence-corrected chi connectivity index (χ1v) is 16.5. The van der Waals surface area contributed by atoms with Gasteiger partial charge in [-0.2, -0.15) is 0 Å². The summed E-state index contributed by atoms with van der Waals surface area (Å²) in [6, 6.07) is 34.8. The summed E-state index contributed by atoms with van der Waals surface area (Å²) in [4.78, 5) is 39.3. The van der Waals surface area contributed by atoms with Gasteiger partial charge in [-0.15, -0.1) is 0 Å². The Bertz CT molecular complexity index is 2790. The molecule has 0 radical (unpaired) electrons. The number of nitrogens with one attached hydrogen (secondary N) is 1. The molecule has 0 spiro atoms. The number of hydrogen-bond donors (Lipinski definition) is 1. The zero-order valence-electron chi connectivity index (χ0n) is 27.7. The molecule has 5 aromatic carbocycles. The summed E-state index contributed by atoms with van der Waals surface area (Å²) < 4.78 is 16.9. The number of nitrogens with zero attached hydrogens (tertiary/aromatic N) is 3. The van der Waals surface area contributed by atoms with Crippen LogP contribution in [0.3, 0.4) is 0 Å². The van der Waals surface area contributed by atoms with Crippen molar-refractivity contribution >= 4 is 60.5 Å². The number of aryl methyl sites for hydroxylation is 1. The quantitative estimate of drug-likeness (QED) is 0.143. The summed E-state index contributed by atoms with van der Waals surface area (Å²) >= 11 is 0. The lowest BCUT2D eigenvalue weighted by atomic mass is 10.0. The first kappa shape index (κ1) is 30.8. The molecule has 0 aliphatic heterocycles. The highest BCUT2D eigenvalue weighted by Crippen LogP contribution is 2.29. The molecule has 4 aromatic heterocycles. The number of fused-ring (bicyclic) bond motifs is 6. The van der Waals surface area contributed by atoms with Crippen LogP contribution < -0.4 is 16.2 Å². The van der Waals surface area contributed by atoms with Gasteiger partial charge >= 0.3 is 11.3 Å². The van der Waals surface area contributed by atoms with Crippen LogP contribution in [0.5, 0.6) is 0 Å². The normalized spacial score (nSPS) is 11.4. The fourth-order valence-electron chi connectivity index (χ4n) is 6.30. The monoisotopic (exact) mass is 660 g/mol. The average Bonchev–Trinajstić information content (AvgIpc) is 3.76. The van der Waals surface area contributed by atoms with Gasteiger partial charge in [0.1, 0.15) is 33.6 Å². The highest BCUT2D eigenvalue weighted by Gasteiger charge is 2.16. The van der Waals surface area contributed by atoms with Gasteiger partial charge in [0.25, 0.3) is 0 Å². The third kappa shape index (κ3) is 5.58. The minimum atomic E-state index is -0.447. The van der Waals surface area contributed by atoms with Gasteiger partial charge in [-0.05, 0) is 91.7 Å². The molecule has 0 unspecified atom stereocenters. The van der Waals surface area contributed by atoms with Crippen molar-refractivity contribution in [2.75, 3.05) is 18.0 Å². The van der Waals surface area contributed by atoms with Crippen molar-refractivity contribution in [1.29, 1.82) is 0 Å². The molecule has 246 valence electrons. The first-order valence-electron chi connectivity index (χ1n) is 16.5. The van der Waals surface area contributed by atoms with E-state index < -0.39 is 11.3 Å². The topological polar surface area (TPSA) is 118 Å². The van der Waals surface area contributed by atoms with Crippen molar-refractivity contribution in [3.63, 3.8) is 0 Å². The van der Waals surface area contributed by atoms with Crippen LogP contribution in [-0.2, 0) is 0 Å². The number of imidazole rings is 1. The fraction of sp³-hybridized carbons (Fsp3) is 0.122. The van der Waals surface area contributed by atoms with Gasteiger partial charge in [0, 0.05) is 35.6 Å². The van der Waals surface area contributed by atoms with Crippen LogP contribution in [0.2, 0.25) is 0 Å². The summed E-state index contributed by atoms with van der Waals surface area (Å²) in [5, 5.41) is 3.91. The van der Waals surface area contributed by atoms with Crippen LogP contribution in [0.1, 0.15) is 19.4 Å². The summed E-state index contributed by atoms with van der Waals surface area (Å²) in [6.45, 7) is 7.97. The molecule has 0 bridgehead atoms. The number of para-hydroxylation sites is 2. The minimum absolute atomic E-state index is 0.286. The molecule has 0 aliphatic carbocycles. The Morgan fingerprint density at radius 2 is 1.38 bits per heavy atom. The van der Waals surface area contributed by atoms with Crippen LogP contribution in [0.4, 0.5) is 5.69 Å². The van der Waals surface area contributed by atoms with Gasteiger partial charge in [0.05, 0.1) is 11.0 Å². The first-order chi connectivity index (χ1) is 24.4. The SMILES string of the molecule is CCN(CC)c1ccc2cc(-c3nc4ccc(C)cc4o3)c(=O)oc2c1.O=c1oc2ccc3ccccc3c2cc1-c1nc2ccccc2[nH]1. The number of anilines is 1. The van der Waals surface area contributed by atoms with Gasteiger partial charge in [0.2, 0.25) is 5.89 Å². The number of hydrogen-bond acceptors (Lipinski definition) is 8. The molecule has 9 aromatic rings. The molecule has 9 nitrogen and oxygen atoms in total. The second kappa shape index (κ2) is 12.5. The number of aromatic amines is 1. The van der Waals surface area contributed by atoms with Gasteiger partial charge in [-0.1, -0.05) is 48.5 Å². The zero-order valence-corrected chi connectivity index (χ0v) is 27.7. The molecule has 0 aliphatic rings. The third-order valence-electron chi connectivity index (χ3n) is 8.91. The largest absolute Gasteiger partial charge is 0.436 e. The maximum absolute atomic E-state index is 12.5. The van der Waals surface area contributed by atoms with E-state index in [9.17, 15) is 9.59 Å². The standard InChI is InChI=1S/C21H20N2O3.C20H12N2O2/c1-4-23(5-2)15-8-7-14-11-16(21(24)26-18(14)12-15)20-22-17-9-6-13(3)10-19(17)25-20;23-20-15(19-21-16-7-3-4-8-17(16)22-19)11-14-13-6-2-1-5-12(13)9-10-18(14)24-20/h6-12H,4-5H2,1-3H3;1-11H,(H,21,22). The van der Waals surface area contributed by atoms with Crippen LogP contribution in [0, 0.1) is 6.92 Å². The molecule has 50 heavy (non-hydrogen) atoms. The van der Waals surface area contributed by atoms with E-state index in [0.717, 1.165) is 62.4 Å². The molecule has 1 N–H and O–H groups in total. The average molecular weight is 661 g/mol. The highest BCUT2D eigenvalue weighted by atomic mass is 16.4. The Morgan fingerprint density at radius 3 is 2.22 bits per heavy atom. The van der Waals surface area contributed by atoms with Crippen LogP contribution in [-0.4, -0.2) is 28.0 Å². The predicted octanol–water partition coefficient (Wildman–Crippen LogP) is 9.25. The molecule has 4 heterocycles. The van der Waals surface area contributed by atoms with Gasteiger partial charge in [-0.3, -0.25) is 0 Å². The van der Waals surface area contributed by atoms with E-state index in [4.69, 9.17) is 13.3 Å². The second-order valence-electron chi connectivity index (χ2n) is 12.1. The Morgan fingerprint density at radius 1 is 0.620 bits per heavy atom. The smallest absolute Gasteiger partial charge is 0.349 e. The number of aromatic nitrogens is 3. The van der Waals surface area contributed by atoms with Crippen molar-refractivity contribution in [2.24, 2.45) is 0 Å². The number of rotatable bonds is 5. The Labute approximate surface area is 285 Å². The Hall–Kier alpha value is -6.48. The molecule has 9 rings (SSSR count). The van der Waals surface area contributed by atoms with E-state index in [2.05, 4.69) is 33.7 Å². The van der Waals surface area contributed by atoms with E-state index in [1.807, 2.05) is 110 Å². The van der Waals surface area contributed by atoms with E-state index in [1.54, 1.807) is 6.07 Å². The van der Waals surface area contributed by atoms with Gasteiger partial charge in [-0.25, -0.2) is 19.6 Å². The highest BCUT2D eigenvalue weighted by molar-refractivity contribution is 6.06. The summed E-state index contributed by atoms with van der Waals surface area (Å²) in [5.41, 5.74) is 6.30. The Kier molecular flexibility index (Phi) is 7.72. The van der Waals surface area contributed by atoms with Crippen LogP contribution in [0.25, 0.3) is 77.7 Å². The molecular formula is C41H32N4O5. The zero-order chi connectivity index (χ0) is 34.4. The van der Waals surface area contributed by atoms with E-state index in [0.29, 0.717) is 33.7 Å². The molecule has 0 fully saturated rings. The van der Waals surface area contributed by atoms with Crippen molar-refractivity contribution in [2.45, 2.75) is 20.8 Å². The molecule has 0 amide bonds. The number of H-pyrrole nitrogens is 1. The molecular weight excluding hydrogens is 628 g/mol. The third-order valence-corrected chi connectivity index (χ3v) is 8.91. The number of benzene rings is 5. The van der Waals surface area contributed by atoms with Crippen LogP contribution >= 0.6 is 0 Å². The van der Waals surface area contributed by atoms with E-state index >= 15 is 0 Å². The van der Waals surface area contributed by atoms with Gasteiger partial charge < -0.3 is 23.1 Å². The molecule has 9 heteroatoms. The maximum Gasteiger partial charge on any atom is 0.349 e. The number of oxazole rings is 1. The Balaban J connectivity index is 0.000000145. The van der Waals surface area contributed by atoms with E-state index in [-0.39, 0.29) is 5.89 Å². The fourth-order valence-corrected chi connectivity index (χ4v) is 6.30. The van der Waals surface area contributed by atoms with Crippen molar-refractivity contribution in [1.82, 2.24) is 15.0 Å². The van der Waals surface area contributed by atoms with Crippen molar-refractivity contribution < 1.29 is 13.3 Å². The van der Waals surface area contributed by atoms with E-state index in [1.165, 1.54) is 0 Å². The maximum atomic E-state index is 12.5. The molecule has 0 saturated heterocycles. The molecule has 0 saturated carbocycles. The van der Waals surface area contributed by atoms with Crippen LogP contribution in [0.15, 0.2) is 132 Å². The lowest BCUT2D eigenvalue weighted by molar-refractivity contribution is 0.553. The predicted molar refractivity (Wildman–Crippen MR) is 199 cm³/mol. The summed E-state index contributed by atoms with van der Waals surface area (Å²) in [6.07, 6.45) is 0. The summed E-state index contributed by atoms with van der Waals surface area (Å²) in [7, 11) is 0. The van der Waals surface area contributed by atoms with Crippen molar-refractivity contribution in [3.05, 3.63) is 136 Å².